The van der Waals surface area contributed by atoms with Gasteiger partial charge in [-0.25, -0.2) is 14.4 Å². The maximum absolute atomic E-state index is 12.9. The highest BCUT2D eigenvalue weighted by Gasteiger charge is 2.24. The largest absolute Gasteiger partial charge is 0.348 e. The van der Waals surface area contributed by atoms with Gasteiger partial charge in [0.15, 0.2) is 0 Å². The highest BCUT2D eigenvalue weighted by molar-refractivity contribution is 5.94. The number of rotatable bonds is 4. The zero-order valence-electron chi connectivity index (χ0n) is 14.6. The van der Waals surface area contributed by atoms with Crippen LogP contribution >= 0.6 is 0 Å². The zero-order chi connectivity index (χ0) is 17.8. The Hall–Kier alpha value is -2.34. The van der Waals surface area contributed by atoms with Crippen LogP contribution in [0.15, 0.2) is 30.5 Å². The lowest BCUT2D eigenvalue weighted by molar-refractivity contribution is 0.0949. The molecule has 2 heterocycles. The average Bonchev–Trinajstić information content (AvgIpc) is 2.61. The summed E-state index contributed by atoms with van der Waals surface area (Å²) in [7, 11) is 2.09. The molecule has 1 aliphatic rings. The third kappa shape index (κ3) is 4.20. The van der Waals surface area contributed by atoms with Crippen molar-refractivity contribution in [1.29, 1.82) is 0 Å². The van der Waals surface area contributed by atoms with Crippen molar-refractivity contribution < 1.29 is 9.18 Å². The van der Waals surface area contributed by atoms with Gasteiger partial charge in [-0.3, -0.25) is 9.69 Å². The molecule has 6 heteroatoms. The van der Waals surface area contributed by atoms with Gasteiger partial charge in [0.05, 0.1) is 17.3 Å². The molecule has 132 valence electrons. The van der Waals surface area contributed by atoms with Gasteiger partial charge in [0.1, 0.15) is 11.6 Å². The normalized spacial score (nSPS) is 18.1. The molecule has 1 amide bonds. The van der Waals surface area contributed by atoms with Crippen LogP contribution in [0.4, 0.5) is 4.39 Å². The molecule has 0 unspecified atom stereocenters. The van der Waals surface area contributed by atoms with E-state index in [0.29, 0.717) is 17.8 Å². The maximum atomic E-state index is 12.9. The molecule has 3 rings (SSSR count). The molecule has 0 aliphatic carbocycles. The van der Waals surface area contributed by atoms with Crippen LogP contribution in [0.5, 0.6) is 0 Å². The Balaban J connectivity index is 1.67. The second-order valence-corrected chi connectivity index (χ2v) is 6.53. The van der Waals surface area contributed by atoms with Crippen LogP contribution in [-0.4, -0.2) is 34.4 Å². The minimum absolute atomic E-state index is 0.217. The summed E-state index contributed by atoms with van der Waals surface area (Å²) in [5.74, 6) is 0.280. The monoisotopic (exact) mass is 342 g/mol. The van der Waals surface area contributed by atoms with Crippen molar-refractivity contribution in [3.8, 4) is 0 Å². The predicted molar refractivity (Wildman–Crippen MR) is 93.6 cm³/mol. The predicted octanol–water partition coefficient (Wildman–Crippen LogP) is 3.01. The van der Waals surface area contributed by atoms with Gasteiger partial charge in [0.2, 0.25) is 0 Å². The van der Waals surface area contributed by atoms with Gasteiger partial charge in [-0.05, 0) is 51.1 Å². The van der Waals surface area contributed by atoms with Crippen molar-refractivity contribution in [2.24, 2.45) is 0 Å². The van der Waals surface area contributed by atoms with E-state index in [2.05, 4.69) is 27.2 Å². The SMILES string of the molecule is Cc1nc([C@@H]2CCCCN2C)ncc1C(=O)NCc1ccc(F)cc1. The van der Waals surface area contributed by atoms with Crippen molar-refractivity contribution in [2.45, 2.75) is 38.8 Å². The molecule has 1 aliphatic heterocycles. The molecule has 0 saturated carbocycles. The van der Waals surface area contributed by atoms with Gasteiger partial charge in [-0.2, -0.15) is 0 Å². The fraction of sp³-hybridized carbons (Fsp3) is 0.421. The van der Waals surface area contributed by atoms with Gasteiger partial charge < -0.3 is 5.32 Å². The Morgan fingerprint density at radius 3 is 2.76 bits per heavy atom. The van der Waals surface area contributed by atoms with E-state index in [1.54, 1.807) is 18.3 Å². The quantitative estimate of drug-likeness (QED) is 0.928. The van der Waals surface area contributed by atoms with Crippen molar-refractivity contribution >= 4 is 5.91 Å². The van der Waals surface area contributed by atoms with E-state index < -0.39 is 0 Å². The Kier molecular flexibility index (Phi) is 5.38. The van der Waals surface area contributed by atoms with Crippen molar-refractivity contribution in [2.75, 3.05) is 13.6 Å². The molecule has 1 saturated heterocycles. The molecule has 1 aromatic heterocycles. The Morgan fingerprint density at radius 2 is 2.08 bits per heavy atom. The van der Waals surface area contributed by atoms with Crippen LogP contribution in [-0.2, 0) is 6.54 Å². The second kappa shape index (κ2) is 7.70. The van der Waals surface area contributed by atoms with E-state index in [4.69, 9.17) is 0 Å². The van der Waals surface area contributed by atoms with E-state index >= 15 is 0 Å². The number of aromatic nitrogens is 2. The molecular weight excluding hydrogens is 319 g/mol. The fourth-order valence-corrected chi connectivity index (χ4v) is 3.15. The minimum atomic E-state index is -0.289. The summed E-state index contributed by atoms with van der Waals surface area (Å²) in [4.78, 5) is 23.7. The van der Waals surface area contributed by atoms with Crippen molar-refractivity contribution in [3.63, 3.8) is 0 Å². The third-order valence-corrected chi connectivity index (χ3v) is 4.68. The van der Waals surface area contributed by atoms with E-state index in [0.717, 1.165) is 24.4 Å². The van der Waals surface area contributed by atoms with Crippen LogP contribution in [0.25, 0.3) is 0 Å². The summed E-state index contributed by atoms with van der Waals surface area (Å²) < 4.78 is 12.9. The topological polar surface area (TPSA) is 58.1 Å². The molecule has 0 radical (unpaired) electrons. The number of nitrogens with one attached hydrogen (secondary N) is 1. The summed E-state index contributed by atoms with van der Waals surface area (Å²) in [5, 5.41) is 2.83. The van der Waals surface area contributed by atoms with Gasteiger partial charge in [0, 0.05) is 12.7 Å². The second-order valence-electron chi connectivity index (χ2n) is 6.53. The fourth-order valence-electron chi connectivity index (χ4n) is 3.15. The number of hydrogen-bond donors (Lipinski definition) is 1. The molecule has 0 bridgehead atoms. The summed E-state index contributed by atoms with van der Waals surface area (Å²) in [6.07, 6.45) is 5.04. The first-order valence-corrected chi connectivity index (χ1v) is 8.61. The molecule has 1 aromatic carbocycles. The maximum Gasteiger partial charge on any atom is 0.254 e. The number of carbonyl (C=O) groups is 1. The number of halogens is 1. The lowest BCUT2D eigenvalue weighted by Crippen LogP contribution is -2.31. The number of carbonyl (C=O) groups excluding carboxylic acids is 1. The summed E-state index contributed by atoms with van der Waals surface area (Å²) in [5.41, 5.74) is 2.00. The number of hydrogen-bond acceptors (Lipinski definition) is 4. The molecular formula is C19H23FN4O. The highest BCUT2D eigenvalue weighted by Crippen LogP contribution is 2.27. The molecule has 1 N–H and O–H groups in total. The third-order valence-electron chi connectivity index (χ3n) is 4.68. The Labute approximate surface area is 147 Å². The first kappa shape index (κ1) is 17.5. The van der Waals surface area contributed by atoms with Crippen molar-refractivity contribution in [3.05, 3.63) is 58.9 Å². The first-order valence-electron chi connectivity index (χ1n) is 8.61. The van der Waals surface area contributed by atoms with Gasteiger partial charge in [-0.15, -0.1) is 0 Å². The molecule has 5 nitrogen and oxygen atoms in total. The Bertz CT molecular complexity index is 748. The van der Waals surface area contributed by atoms with E-state index in [-0.39, 0.29) is 17.8 Å². The lowest BCUT2D eigenvalue weighted by atomic mass is 10.0. The van der Waals surface area contributed by atoms with E-state index in [9.17, 15) is 9.18 Å². The molecule has 1 fully saturated rings. The summed E-state index contributed by atoms with van der Waals surface area (Å²) in [6.45, 7) is 3.22. The zero-order valence-corrected chi connectivity index (χ0v) is 14.6. The van der Waals surface area contributed by atoms with Gasteiger partial charge >= 0.3 is 0 Å². The van der Waals surface area contributed by atoms with Crippen LogP contribution < -0.4 is 5.32 Å². The number of piperidine rings is 1. The van der Waals surface area contributed by atoms with Crippen LogP contribution in [0, 0.1) is 12.7 Å². The van der Waals surface area contributed by atoms with Crippen LogP contribution in [0.2, 0.25) is 0 Å². The first-order chi connectivity index (χ1) is 12.0. The van der Waals surface area contributed by atoms with Crippen LogP contribution in [0.1, 0.15) is 52.7 Å². The number of benzene rings is 1. The molecule has 0 spiro atoms. The number of amides is 1. The summed E-state index contributed by atoms with van der Waals surface area (Å²) in [6, 6.07) is 6.29. The Morgan fingerprint density at radius 1 is 1.32 bits per heavy atom. The number of likely N-dealkylation sites (tertiary alicyclic amines) is 1. The summed E-state index contributed by atoms with van der Waals surface area (Å²) >= 11 is 0. The minimum Gasteiger partial charge on any atom is -0.348 e. The lowest BCUT2D eigenvalue weighted by Gasteiger charge is -2.31. The van der Waals surface area contributed by atoms with Crippen molar-refractivity contribution in [1.82, 2.24) is 20.2 Å². The van der Waals surface area contributed by atoms with E-state index in [1.807, 2.05) is 6.92 Å². The number of aryl methyl sites for hydroxylation is 1. The highest BCUT2D eigenvalue weighted by atomic mass is 19.1. The van der Waals surface area contributed by atoms with Gasteiger partial charge in [-0.1, -0.05) is 18.6 Å². The number of nitrogens with zero attached hydrogens (tertiary/aromatic N) is 3. The van der Waals surface area contributed by atoms with Crippen LogP contribution in [0.3, 0.4) is 0 Å². The standard InChI is InChI=1S/C19H23FN4O/c1-13-16(19(25)22-11-14-6-8-15(20)9-7-14)12-21-18(23-13)17-5-3-4-10-24(17)2/h6-9,12,17H,3-5,10-11H2,1-2H3,(H,22,25)/t17-/m0/s1. The average molecular weight is 342 g/mol. The van der Waals surface area contributed by atoms with Gasteiger partial charge in [0.25, 0.3) is 5.91 Å². The smallest absolute Gasteiger partial charge is 0.254 e. The van der Waals surface area contributed by atoms with E-state index in [1.165, 1.54) is 25.0 Å². The molecule has 1 atom stereocenters. The molecule has 2 aromatic rings. The molecule has 25 heavy (non-hydrogen) atoms.